The SMILES string of the molecule is C#CC(CC)NC(=O)CCC1CCCNC1. The molecule has 0 aromatic carbocycles. The molecule has 0 aromatic rings. The molecule has 2 atom stereocenters. The van der Waals surface area contributed by atoms with Crippen LogP contribution in [0.1, 0.15) is 39.0 Å². The van der Waals surface area contributed by atoms with Crippen LogP contribution in [0.2, 0.25) is 0 Å². The van der Waals surface area contributed by atoms with E-state index in [-0.39, 0.29) is 11.9 Å². The third kappa shape index (κ3) is 4.67. The van der Waals surface area contributed by atoms with Crippen molar-refractivity contribution in [3.8, 4) is 12.3 Å². The first-order chi connectivity index (χ1) is 7.76. The highest BCUT2D eigenvalue weighted by Crippen LogP contribution is 2.15. The van der Waals surface area contributed by atoms with Crippen molar-refractivity contribution in [3.05, 3.63) is 0 Å². The van der Waals surface area contributed by atoms with Gasteiger partial charge in [-0.25, -0.2) is 0 Å². The van der Waals surface area contributed by atoms with Crippen LogP contribution in [0.3, 0.4) is 0 Å². The Labute approximate surface area is 98.4 Å². The lowest BCUT2D eigenvalue weighted by atomic mass is 9.94. The summed E-state index contributed by atoms with van der Waals surface area (Å²) in [5, 5.41) is 6.22. The first kappa shape index (κ1) is 13.1. The molecule has 90 valence electrons. The predicted molar refractivity (Wildman–Crippen MR) is 65.9 cm³/mol. The number of rotatable bonds is 5. The van der Waals surface area contributed by atoms with Gasteiger partial charge in [-0.3, -0.25) is 4.79 Å². The van der Waals surface area contributed by atoms with E-state index in [1.807, 2.05) is 6.92 Å². The van der Waals surface area contributed by atoms with Crippen LogP contribution >= 0.6 is 0 Å². The summed E-state index contributed by atoms with van der Waals surface area (Å²) in [7, 11) is 0. The molecule has 0 aromatic heterocycles. The Morgan fingerprint density at radius 2 is 2.50 bits per heavy atom. The molecule has 3 heteroatoms. The molecule has 1 rings (SSSR count). The molecule has 0 bridgehead atoms. The fourth-order valence-electron chi connectivity index (χ4n) is 2.03. The lowest BCUT2D eigenvalue weighted by molar-refractivity contribution is -0.121. The van der Waals surface area contributed by atoms with Crippen LogP contribution in [0.5, 0.6) is 0 Å². The van der Waals surface area contributed by atoms with Gasteiger partial charge in [0.25, 0.3) is 0 Å². The van der Waals surface area contributed by atoms with Crippen molar-refractivity contribution in [2.75, 3.05) is 13.1 Å². The highest BCUT2D eigenvalue weighted by atomic mass is 16.1. The van der Waals surface area contributed by atoms with Gasteiger partial charge in [-0.05, 0) is 44.7 Å². The van der Waals surface area contributed by atoms with Crippen LogP contribution in [0.15, 0.2) is 0 Å². The number of carbonyl (C=O) groups excluding carboxylic acids is 1. The molecule has 1 fully saturated rings. The van der Waals surface area contributed by atoms with E-state index in [0.717, 1.165) is 25.9 Å². The molecule has 1 saturated heterocycles. The Bertz CT molecular complexity index is 251. The lowest BCUT2D eigenvalue weighted by Crippen LogP contribution is -2.34. The molecule has 0 saturated carbocycles. The van der Waals surface area contributed by atoms with Gasteiger partial charge in [0, 0.05) is 6.42 Å². The van der Waals surface area contributed by atoms with Gasteiger partial charge in [0.2, 0.25) is 5.91 Å². The number of amides is 1. The maximum atomic E-state index is 11.6. The van der Waals surface area contributed by atoms with E-state index in [0.29, 0.717) is 12.3 Å². The van der Waals surface area contributed by atoms with Gasteiger partial charge in [0.15, 0.2) is 0 Å². The summed E-state index contributed by atoms with van der Waals surface area (Å²) in [5.41, 5.74) is 0. The smallest absolute Gasteiger partial charge is 0.220 e. The minimum Gasteiger partial charge on any atom is -0.342 e. The maximum Gasteiger partial charge on any atom is 0.220 e. The van der Waals surface area contributed by atoms with Crippen molar-refractivity contribution in [1.82, 2.24) is 10.6 Å². The topological polar surface area (TPSA) is 41.1 Å². The zero-order valence-electron chi connectivity index (χ0n) is 10.1. The Morgan fingerprint density at radius 3 is 3.06 bits per heavy atom. The van der Waals surface area contributed by atoms with Gasteiger partial charge in [-0.2, -0.15) is 0 Å². The molecule has 1 heterocycles. The van der Waals surface area contributed by atoms with E-state index < -0.39 is 0 Å². The number of carbonyl (C=O) groups is 1. The molecule has 1 aliphatic heterocycles. The van der Waals surface area contributed by atoms with Crippen molar-refractivity contribution >= 4 is 5.91 Å². The largest absolute Gasteiger partial charge is 0.342 e. The van der Waals surface area contributed by atoms with E-state index in [1.165, 1.54) is 12.8 Å². The zero-order valence-corrected chi connectivity index (χ0v) is 10.1. The molecule has 2 unspecified atom stereocenters. The molecule has 2 N–H and O–H groups in total. The molecular weight excluding hydrogens is 200 g/mol. The molecule has 0 aliphatic carbocycles. The van der Waals surface area contributed by atoms with Crippen molar-refractivity contribution < 1.29 is 4.79 Å². The third-order valence-corrected chi connectivity index (χ3v) is 3.12. The standard InChI is InChI=1S/C13H22N2O/c1-3-12(4-2)15-13(16)8-7-11-6-5-9-14-10-11/h1,11-12,14H,4-10H2,2H3,(H,15,16). The zero-order chi connectivity index (χ0) is 11.8. The molecule has 1 aliphatic rings. The first-order valence-corrected chi connectivity index (χ1v) is 6.22. The summed E-state index contributed by atoms with van der Waals surface area (Å²) in [4.78, 5) is 11.6. The minimum absolute atomic E-state index is 0.0929. The Balaban J connectivity index is 2.16. The van der Waals surface area contributed by atoms with Gasteiger partial charge >= 0.3 is 0 Å². The number of hydrogen-bond acceptors (Lipinski definition) is 2. The van der Waals surface area contributed by atoms with E-state index in [2.05, 4.69) is 16.6 Å². The molecule has 0 spiro atoms. The molecule has 1 amide bonds. The first-order valence-electron chi connectivity index (χ1n) is 6.22. The van der Waals surface area contributed by atoms with Crippen molar-refractivity contribution in [2.45, 2.75) is 45.1 Å². The molecule has 16 heavy (non-hydrogen) atoms. The van der Waals surface area contributed by atoms with E-state index in [9.17, 15) is 4.79 Å². The number of piperidine rings is 1. The summed E-state index contributed by atoms with van der Waals surface area (Å²) in [6.45, 7) is 4.16. The summed E-state index contributed by atoms with van der Waals surface area (Å²) in [6, 6.07) is -0.100. The summed E-state index contributed by atoms with van der Waals surface area (Å²) < 4.78 is 0. The monoisotopic (exact) mass is 222 g/mol. The Hall–Kier alpha value is -1.01. The van der Waals surface area contributed by atoms with E-state index in [4.69, 9.17) is 6.42 Å². The van der Waals surface area contributed by atoms with Gasteiger partial charge in [0.05, 0.1) is 6.04 Å². The van der Waals surface area contributed by atoms with Gasteiger partial charge in [-0.15, -0.1) is 6.42 Å². The Kier molecular flexibility index (Phi) is 5.95. The van der Waals surface area contributed by atoms with Crippen LogP contribution in [-0.4, -0.2) is 25.0 Å². The molecule has 0 radical (unpaired) electrons. The Morgan fingerprint density at radius 1 is 1.69 bits per heavy atom. The van der Waals surface area contributed by atoms with Crippen LogP contribution in [0.4, 0.5) is 0 Å². The second-order valence-corrected chi connectivity index (χ2v) is 4.45. The van der Waals surface area contributed by atoms with E-state index in [1.54, 1.807) is 0 Å². The van der Waals surface area contributed by atoms with Crippen molar-refractivity contribution in [1.29, 1.82) is 0 Å². The number of hydrogen-bond donors (Lipinski definition) is 2. The summed E-state index contributed by atoms with van der Waals surface area (Å²) in [5.74, 6) is 3.33. The highest BCUT2D eigenvalue weighted by Gasteiger charge is 2.15. The summed E-state index contributed by atoms with van der Waals surface area (Å²) in [6.07, 6.45) is 10.1. The minimum atomic E-state index is -0.100. The quantitative estimate of drug-likeness (QED) is 0.688. The average molecular weight is 222 g/mol. The van der Waals surface area contributed by atoms with Gasteiger partial charge < -0.3 is 10.6 Å². The average Bonchev–Trinajstić information content (AvgIpc) is 2.34. The van der Waals surface area contributed by atoms with E-state index >= 15 is 0 Å². The van der Waals surface area contributed by atoms with Crippen LogP contribution in [-0.2, 0) is 4.79 Å². The molecular formula is C13H22N2O. The predicted octanol–water partition coefficient (Wildman–Crippen LogP) is 1.29. The maximum absolute atomic E-state index is 11.6. The fraction of sp³-hybridized carbons (Fsp3) is 0.769. The van der Waals surface area contributed by atoms with Gasteiger partial charge in [0.1, 0.15) is 0 Å². The molecule has 3 nitrogen and oxygen atoms in total. The second kappa shape index (κ2) is 7.29. The van der Waals surface area contributed by atoms with Crippen molar-refractivity contribution in [3.63, 3.8) is 0 Å². The third-order valence-electron chi connectivity index (χ3n) is 3.12. The second-order valence-electron chi connectivity index (χ2n) is 4.45. The van der Waals surface area contributed by atoms with Gasteiger partial charge in [-0.1, -0.05) is 12.8 Å². The van der Waals surface area contributed by atoms with Crippen LogP contribution in [0, 0.1) is 18.3 Å². The number of nitrogens with one attached hydrogen (secondary N) is 2. The normalized spacial score (nSPS) is 22.1. The fourth-order valence-corrected chi connectivity index (χ4v) is 2.03. The van der Waals surface area contributed by atoms with Crippen molar-refractivity contribution in [2.24, 2.45) is 5.92 Å². The van der Waals surface area contributed by atoms with Crippen LogP contribution < -0.4 is 10.6 Å². The van der Waals surface area contributed by atoms with Crippen LogP contribution in [0.25, 0.3) is 0 Å². The summed E-state index contributed by atoms with van der Waals surface area (Å²) >= 11 is 0. The highest BCUT2D eigenvalue weighted by molar-refractivity contribution is 5.76. The lowest BCUT2D eigenvalue weighted by Gasteiger charge is -2.22. The number of terminal acetylenes is 1.